The fraction of sp³-hybridized carbons (Fsp3) is 1.00. The lowest BCUT2D eigenvalue weighted by atomic mass is 10.1. The predicted molar refractivity (Wildman–Crippen MR) is 68.7 cm³/mol. The number of nitrogens with two attached hydrogens (primary N) is 1. The first-order valence-electron chi connectivity index (χ1n) is 5.96. The van der Waals surface area contributed by atoms with Crippen molar-refractivity contribution in [1.29, 1.82) is 0 Å². The lowest BCUT2D eigenvalue weighted by molar-refractivity contribution is 0.484. The molecule has 4 nitrogen and oxygen atoms in total. The number of hydrogen-bond donors (Lipinski definition) is 2. The number of sulfonamides is 1. The quantitative estimate of drug-likeness (QED) is 0.682. The standard InChI is InChI=1S/C11H26N2O2S/c1-9(2)5-6-16(14,15)13-8-11(12)7-10(3)4/h9-11,13H,5-8,12H2,1-4H3. The maximum atomic E-state index is 11.6. The Morgan fingerprint density at radius 3 is 2.12 bits per heavy atom. The Bertz CT molecular complexity index is 274. The lowest BCUT2D eigenvalue weighted by Crippen LogP contribution is -2.39. The smallest absolute Gasteiger partial charge is 0.211 e. The largest absolute Gasteiger partial charge is 0.327 e. The van der Waals surface area contributed by atoms with Gasteiger partial charge in [-0.3, -0.25) is 0 Å². The average Bonchev–Trinajstić information content (AvgIpc) is 2.11. The van der Waals surface area contributed by atoms with E-state index in [1.54, 1.807) is 0 Å². The normalized spacial score (nSPS) is 14.7. The zero-order valence-electron chi connectivity index (χ0n) is 10.9. The van der Waals surface area contributed by atoms with Gasteiger partial charge in [0.1, 0.15) is 0 Å². The highest BCUT2D eigenvalue weighted by Crippen LogP contribution is 2.04. The minimum absolute atomic E-state index is 0.0891. The number of nitrogens with one attached hydrogen (secondary N) is 1. The van der Waals surface area contributed by atoms with Crippen LogP contribution in [0.4, 0.5) is 0 Å². The molecule has 0 aliphatic carbocycles. The molecule has 0 spiro atoms. The first-order valence-corrected chi connectivity index (χ1v) is 7.61. The van der Waals surface area contributed by atoms with Crippen molar-refractivity contribution in [3.8, 4) is 0 Å². The van der Waals surface area contributed by atoms with E-state index in [4.69, 9.17) is 5.73 Å². The zero-order valence-corrected chi connectivity index (χ0v) is 11.7. The molecule has 0 aromatic heterocycles. The molecule has 0 aliphatic heterocycles. The molecule has 98 valence electrons. The van der Waals surface area contributed by atoms with Crippen LogP contribution in [0, 0.1) is 11.8 Å². The van der Waals surface area contributed by atoms with Crippen molar-refractivity contribution in [1.82, 2.24) is 4.72 Å². The van der Waals surface area contributed by atoms with Gasteiger partial charge in [-0.05, 0) is 24.7 Å². The van der Waals surface area contributed by atoms with E-state index in [-0.39, 0.29) is 11.8 Å². The topological polar surface area (TPSA) is 72.2 Å². The monoisotopic (exact) mass is 250 g/mol. The van der Waals surface area contributed by atoms with Crippen molar-refractivity contribution >= 4 is 10.0 Å². The summed E-state index contributed by atoms with van der Waals surface area (Å²) in [5.74, 6) is 1.09. The van der Waals surface area contributed by atoms with Gasteiger partial charge in [0.25, 0.3) is 0 Å². The Labute approximate surface area is 100 Å². The number of rotatable bonds is 8. The molecule has 0 fully saturated rings. The van der Waals surface area contributed by atoms with E-state index in [0.717, 1.165) is 6.42 Å². The van der Waals surface area contributed by atoms with E-state index >= 15 is 0 Å². The summed E-state index contributed by atoms with van der Waals surface area (Å²) in [6.07, 6.45) is 1.53. The van der Waals surface area contributed by atoms with Crippen molar-refractivity contribution < 1.29 is 8.42 Å². The fourth-order valence-corrected chi connectivity index (χ4v) is 2.78. The molecule has 0 rings (SSSR count). The first kappa shape index (κ1) is 15.9. The molecule has 16 heavy (non-hydrogen) atoms. The summed E-state index contributed by atoms with van der Waals surface area (Å²) in [4.78, 5) is 0. The number of hydrogen-bond acceptors (Lipinski definition) is 3. The van der Waals surface area contributed by atoms with Gasteiger partial charge in [0.05, 0.1) is 5.75 Å². The van der Waals surface area contributed by atoms with E-state index in [1.807, 2.05) is 13.8 Å². The molecule has 0 amide bonds. The van der Waals surface area contributed by atoms with Crippen LogP contribution in [0.15, 0.2) is 0 Å². The van der Waals surface area contributed by atoms with Crippen LogP contribution in [0.1, 0.15) is 40.5 Å². The second-order valence-electron chi connectivity index (χ2n) is 5.24. The summed E-state index contributed by atoms with van der Waals surface area (Å²) in [5.41, 5.74) is 5.81. The van der Waals surface area contributed by atoms with Crippen LogP contribution < -0.4 is 10.5 Å². The van der Waals surface area contributed by atoms with Crippen molar-refractivity contribution in [2.45, 2.75) is 46.6 Å². The van der Waals surface area contributed by atoms with Crippen LogP contribution in [0.2, 0.25) is 0 Å². The Morgan fingerprint density at radius 2 is 1.69 bits per heavy atom. The average molecular weight is 250 g/mol. The predicted octanol–water partition coefficient (Wildman–Crippen LogP) is 1.33. The van der Waals surface area contributed by atoms with Gasteiger partial charge >= 0.3 is 0 Å². The summed E-state index contributed by atoms with van der Waals surface area (Å²) in [5, 5.41) is 0. The molecule has 0 bridgehead atoms. The van der Waals surface area contributed by atoms with Crippen LogP contribution in [0.3, 0.4) is 0 Å². The summed E-state index contributed by atoms with van der Waals surface area (Å²) < 4.78 is 25.7. The van der Waals surface area contributed by atoms with Gasteiger partial charge in [0.15, 0.2) is 0 Å². The van der Waals surface area contributed by atoms with E-state index in [0.29, 0.717) is 24.8 Å². The summed E-state index contributed by atoms with van der Waals surface area (Å²) in [6.45, 7) is 8.53. The van der Waals surface area contributed by atoms with E-state index in [9.17, 15) is 8.42 Å². The molecular weight excluding hydrogens is 224 g/mol. The van der Waals surface area contributed by atoms with Gasteiger partial charge in [-0.1, -0.05) is 27.7 Å². The summed E-state index contributed by atoms with van der Waals surface area (Å²) in [7, 11) is -3.14. The molecule has 1 unspecified atom stereocenters. The van der Waals surface area contributed by atoms with Gasteiger partial charge in [0, 0.05) is 12.6 Å². The van der Waals surface area contributed by atoms with Crippen molar-refractivity contribution in [2.24, 2.45) is 17.6 Å². The zero-order chi connectivity index (χ0) is 12.8. The fourth-order valence-electron chi connectivity index (χ4n) is 1.39. The van der Waals surface area contributed by atoms with Gasteiger partial charge in [0.2, 0.25) is 10.0 Å². The Balaban J connectivity index is 3.90. The Kier molecular flexibility index (Phi) is 7.19. The molecule has 0 radical (unpaired) electrons. The summed E-state index contributed by atoms with van der Waals surface area (Å²) in [6, 6.07) is -0.0891. The van der Waals surface area contributed by atoms with Crippen LogP contribution >= 0.6 is 0 Å². The highest BCUT2D eigenvalue weighted by atomic mass is 32.2. The third-order valence-electron chi connectivity index (χ3n) is 2.30. The minimum atomic E-state index is -3.14. The van der Waals surface area contributed by atoms with E-state index in [1.165, 1.54) is 0 Å². The van der Waals surface area contributed by atoms with E-state index in [2.05, 4.69) is 18.6 Å². The second-order valence-corrected chi connectivity index (χ2v) is 7.17. The molecule has 0 aromatic carbocycles. The maximum Gasteiger partial charge on any atom is 0.211 e. The van der Waals surface area contributed by atoms with Crippen molar-refractivity contribution in [2.75, 3.05) is 12.3 Å². The van der Waals surface area contributed by atoms with Gasteiger partial charge < -0.3 is 5.73 Å². The van der Waals surface area contributed by atoms with Crippen LogP contribution in [0.25, 0.3) is 0 Å². The van der Waals surface area contributed by atoms with Gasteiger partial charge in [-0.2, -0.15) is 0 Å². The van der Waals surface area contributed by atoms with Crippen molar-refractivity contribution in [3.05, 3.63) is 0 Å². The van der Waals surface area contributed by atoms with Crippen molar-refractivity contribution in [3.63, 3.8) is 0 Å². The highest BCUT2D eigenvalue weighted by Gasteiger charge is 2.13. The van der Waals surface area contributed by atoms with Crippen LogP contribution in [-0.2, 0) is 10.0 Å². The third kappa shape index (κ3) is 9.12. The molecule has 3 N–H and O–H groups in total. The molecule has 1 atom stereocenters. The Morgan fingerprint density at radius 1 is 1.12 bits per heavy atom. The molecule has 0 heterocycles. The molecule has 0 aromatic rings. The lowest BCUT2D eigenvalue weighted by Gasteiger charge is -2.15. The molecule has 5 heteroatoms. The first-order chi connectivity index (χ1) is 7.23. The third-order valence-corrected chi connectivity index (χ3v) is 3.68. The molecule has 0 saturated heterocycles. The van der Waals surface area contributed by atoms with Gasteiger partial charge in [-0.25, -0.2) is 13.1 Å². The maximum absolute atomic E-state index is 11.6. The SMILES string of the molecule is CC(C)CCS(=O)(=O)NCC(N)CC(C)C. The van der Waals surface area contributed by atoms with Gasteiger partial charge in [-0.15, -0.1) is 0 Å². The van der Waals surface area contributed by atoms with E-state index < -0.39 is 10.0 Å². The molecular formula is C11H26N2O2S. The summed E-state index contributed by atoms with van der Waals surface area (Å²) >= 11 is 0. The molecule has 0 aliphatic rings. The second kappa shape index (κ2) is 7.25. The molecule has 0 saturated carbocycles. The Hall–Kier alpha value is -0.130. The minimum Gasteiger partial charge on any atom is -0.327 e. The van der Waals surface area contributed by atoms with Crippen LogP contribution in [0.5, 0.6) is 0 Å². The van der Waals surface area contributed by atoms with Crippen LogP contribution in [-0.4, -0.2) is 26.8 Å². The highest BCUT2D eigenvalue weighted by molar-refractivity contribution is 7.89.